The normalized spacial score (nSPS) is 21.4. The first-order valence-corrected chi connectivity index (χ1v) is 8.43. The van der Waals surface area contributed by atoms with E-state index in [1.807, 2.05) is 0 Å². The summed E-state index contributed by atoms with van der Waals surface area (Å²) in [5.74, 6) is -1.81. The highest BCUT2D eigenvalue weighted by molar-refractivity contribution is 7.52. The number of esters is 2. The van der Waals surface area contributed by atoms with Crippen molar-refractivity contribution in [2.45, 2.75) is 25.5 Å². The smallest absolute Gasteiger partial charge is 0.336 e. The Balaban J connectivity index is 2.46. The highest BCUT2D eigenvalue weighted by atomic mass is 31.2. The average Bonchev–Trinajstić information content (AvgIpc) is 3.18. The van der Waals surface area contributed by atoms with Crippen LogP contribution in [0.3, 0.4) is 0 Å². The summed E-state index contributed by atoms with van der Waals surface area (Å²) < 4.78 is 30.8. The van der Waals surface area contributed by atoms with Gasteiger partial charge in [-0.05, 0) is 14.0 Å². The van der Waals surface area contributed by atoms with Crippen LogP contribution in [0.1, 0.15) is 6.92 Å². The lowest BCUT2D eigenvalue weighted by Gasteiger charge is -2.17. The number of carbonyl (C=O) groups excluding carboxylic acids is 2. The molecule has 0 aliphatic carbocycles. The molecule has 132 valence electrons. The monoisotopic (exact) mass is 353 g/mol. The van der Waals surface area contributed by atoms with E-state index in [9.17, 15) is 14.2 Å². The van der Waals surface area contributed by atoms with Crippen molar-refractivity contribution in [1.82, 2.24) is 5.32 Å². The molecular weight excluding hydrogens is 333 g/mol. The molecule has 3 unspecified atom stereocenters. The third-order valence-electron chi connectivity index (χ3n) is 2.57. The van der Waals surface area contributed by atoms with Crippen molar-refractivity contribution in [3.8, 4) is 0 Å². The minimum Gasteiger partial charge on any atom is -0.461 e. The number of rotatable bonds is 10. The summed E-state index contributed by atoms with van der Waals surface area (Å²) in [7, 11) is -2.84. The van der Waals surface area contributed by atoms with Crippen molar-refractivity contribution >= 4 is 19.5 Å². The zero-order chi connectivity index (χ0) is 17.6. The predicted molar refractivity (Wildman–Crippen MR) is 76.2 cm³/mol. The maximum atomic E-state index is 11.5. The summed E-state index contributed by atoms with van der Waals surface area (Å²) in [6, 6.07) is 0. The summed E-state index contributed by atoms with van der Waals surface area (Å²) in [4.78, 5) is 40.2. The molecule has 0 aromatic rings. The maximum Gasteiger partial charge on any atom is 0.336 e. The molecule has 1 aliphatic heterocycles. The van der Waals surface area contributed by atoms with Gasteiger partial charge in [-0.2, -0.15) is 0 Å². The molecule has 1 rings (SSSR count). The standard InChI is InChI=1S/C12H20NO9P/c1-7(2)11(15)21-8(5-20-12-10(13-3)22-12)4-19-9(14)6-23(16,17)18/h8,10,12-13H,1,4-6H2,2-3H3,(H2,16,17,18). The van der Waals surface area contributed by atoms with Crippen LogP contribution in [0.2, 0.25) is 0 Å². The zero-order valence-electron chi connectivity index (χ0n) is 12.8. The van der Waals surface area contributed by atoms with Crippen molar-refractivity contribution in [3.05, 3.63) is 12.2 Å². The van der Waals surface area contributed by atoms with Crippen molar-refractivity contribution in [1.29, 1.82) is 0 Å². The van der Waals surface area contributed by atoms with Crippen LogP contribution < -0.4 is 5.32 Å². The molecule has 3 N–H and O–H groups in total. The van der Waals surface area contributed by atoms with Crippen LogP contribution in [0.5, 0.6) is 0 Å². The summed E-state index contributed by atoms with van der Waals surface area (Å²) in [5, 5.41) is 2.81. The van der Waals surface area contributed by atoms with E-state index in [0.717, 1.165) is 0 Å². The van der Waals surface area contributed by atoms with Gasteiger partial charge in [0.15, 0.2) is 18.6 Å². The number of hydrogen-bond acceptors (Lipinski definition) is 8. The largest absolute Gasteiger partial charge is 0.461 e. The fraction of sp³-hybridized carbons (Fsp3) is 0.667. The fourth-order valence-corrected chi connectivity index (χ4v) is 1.83. The zero-order valence-corrected chi connectivity index (χ0v) is 13.7. The van der Waals surface area contributed by atoms with Gasteiger partial charge in [-0.15, -0.1) is 0 Å². The second-order valence-corrected chi connectivity index (χ2v) is 6.51. The Morgan fingerprint density at radius 3 is 2.52 bits per heavy atom. The Kier molecular flexibility index (Phi) is 7.33. The van der Waals surface area contributed by atoms with Gasteiger partial charge in [-0.1, -0.05) is 6.58 Å². The number of ether oxygens (including phenoxy) is 4. The van der Waals surface area contributed by atoms with E-state index in [0.29, 0.717) is 0 Å². The number of epoxide rings is 1. The Labute approximate surface area is 132 Å². The molecule has 0 aromatic heterocycles. The molecule has 3 atom stereocenters. The highest BCUT2D eigenvalue weighted by Crippen LogP contribution is 2.33. The second kappa shape index (κ2) is 8.53. The van der Waals surface area contributed by atoms with E-state index in [-0.39, 0.29) is 18.4 Å². The molecule has 0 spiro atoms. The lowest BCUT2D eigenvalue weighted by molar-refractivity contribution is -0.159. The molecule has 0 bridgehead atoms. The van der Waals surface area contributed by atoms with Gasteiger partial charge in [-0.3, -0.25) is 14.7 Å². The molecule has 10 nitrogen and oxygen atoms in total. The van der Waals surface area contributed by atoms with Gasteiger partial charge in [0.25, 0.3) is 0 Å². The Morgan fingerprint density at radius 2 is 2.04 bits per heavy atom. The van der Waals surface area contributed by atoms with Gasteiger partial charge in [0, 0.05) is 5.57 Å². The Hall–Kier alpha value is -1.29. The SMILES string of the molecule is C=C(C)C(=O)OC(COC(=O)CP(=O)(O)O)COC1OC1NC. The summed E-state index contributed by atoms with van der Waals surface area (Å²) >= 11 is 0. The van der Waals surface area contributed by atoms with Crippen LogP contribution in [0.4, 0.5) is 0 Å². The molecule has 11 heteroatoms. The lowest BCUT2D eigenvalue weighted by atomic mass is 10.3. The van der Waals surface area contributed by atoms with E-state index in [1.54, 1.807) is 7.05 Å². The Morgan fingerprint density at radius 1 is 1.39 bits per heavy atom. The van der Waals surface area contributed by atoms with E-state index in [4.69, 9.17) is 28.7 Å². The number of hydrogen-bond donors (Lipinski definition) is 3. The fourth-order valence-electron chi connectivity index (χ4n) is 1.40. The summed E-state index contributed by atoms with van der Waals surface area (Å²) in [5.41, 5.74) is 0.146. The summed E-state index contributed by atoms with van der Waals surface area (Å²) in [6.07, 6.45) is -2.77. The predicted octanol–water partition coefficient (Wildman–Crippen LogP) is -0.886. The minimum absolute atomic E-state index is 0.120. The number of carbonyl (C=O) groups is 2. The molecule has 1 saturated heterocycles. The lowest BCUT2D eigenvalue weighted by Crippen LogP contribution is -2.31. The highest BCUT2D eigenvalue weighted by Gasteiger charge is 2.39. The van der Waals surface area contributed by atoms with Crippen molar-refractivity contribution in [3.63, 3.8) is 0 Å². The minimum atomic E-state index is -4.51. The second-order valence-electron chi connectivity index (χ2n) is 4.86. The first-order valence-electron chi connectivity index (χ1n) is 6.63. The van der Waals surface area contributed by atoms with E-state index >= 15 is 0 Å². The van der Waals surface area contributed by atoms with E-state index < -0.39 is 44.7 Å². The van der Waals surface area contributed by atoms with Crippen LogP contribution in [0.25, 0.3) is 0 Å². The molecule has 0 amide bonds. The quantitative estimate of drug-likeness (QED) is 0.196. The number of likely N-dealkylation sites (N-methyl/N-ethyl adjacent to an activating group) is 1. The summed E-state index contributed by atoms with van der Waals surface area (Å²) in [6.45, 7) is 4.34. The van der Waals surface area contributed by atoms with Gasteiger partial charge in [0.2, 0.25) is 0 Å². The Bertz CT molecular complexity index is 503. The molecule has 1 aliphatic rings. The van der Waals surface area contributed by atoms with E-state index in [1.165, 1.54) is 6.92 Å². The molecule has 0 aromatic carbocycles. The van der Waals surface area contributed by atoms with Gasteiger partial charge >= 0.3 is 19.5 Å². The van der Waals surface area contributed by atoms with Gasteiger partial charge in [0.1, 0.15) is 12.8 Å². The number of nitrogens with one attached hydrogen (secondary N) is 1. The first-order chi connectivity index (χ1) is 10.6. The third-order valence-corrected chi connectivity index (χ3v) is 3.24. The van der Waals surface area contributed by atoms with Gasteiger partial charge in [0.05, 0.1) is 6.61 Å². The molecular formula is C12H20NO9P. The first kappa shape index (κ1) is 19.8. The van der Waals surface area contributed by atoms with Crippen LogP contribution in [0, 0.1) is 0 Å². The maximum absolute atomic E-state index is 11.5. The molecule has 23 heavy (non-hydrogen) atoms. The third kappa shape index (κ3) is 8.21. The molecule has 1 fully saturated rings. The van der Waals surface area contributed by atoms with Crippen LogP contribution in [-0.4, -0.2) is 66.8 Å². The average molecular weight is 353 g/mol. The van der Waals surface area contributed by atoms with Crippen molar-refractivity contribution in [2.75, 3.05) is 26.4 Å². The molecule has 0 radical (unpaired) electrons. The van der Waals surface area contributed by atoms with Crippen molar-refractivity contribution in [2.24, 2.45) is 0 Å². The van der Waals surface area contributed by atoms with Gasteiger partial charge < -0.3 is 28.7 Å². The molecule has 1 heterocycles. The van der Waals surface area contributed by atoms with Crippen molar-refractivity contribution < 1.29 is 42.9 Å². The van der Waals surface area contributed by atoms with Crippen LogP contribution in [0.15, 0.2) is 12.2 Å². The van der Waals surface area contributed by atoms with Gasteiger partial charge in [-0.25, -0.2) is 4.79 Å². The van der Waals surface area contributed by atoms with Crippen LogP contribution >= 0.6 is 7.60 Å². The molecule has 0 saturated carbocycles. The topological polar surface area (TPSA) is 144 Å². The van der Waals surface area contributed by atoms with Crippen LogP contribution in [-0.2, 0) is 33.1 Å². The van der Waals surface area contributed by atoms with E-state index in [2.05, 4.69) is 11.9 Å².